The Kier molecular flexibility index (Phi) is 3.10. The highest BCUT2D eigenvalue weighted by atomic mass is 32.1. The molecule has 0 amide bonds. The van der Waals surface area contributed by atoms with E-state index < -0.39 is 0 Å². The number of anilines is 2. The molecule has 84 valence electrons. The molecule has 1 heterocycles. The van der Waals surface area contributed by atoms with Crippen LogP contribution in [0.5, 0.6) is 0 Å². The summed E-state index contributed by atoms with van der Waals surface area (Å²) >= 11 is 1.70. The van der Waals surface area contributed by atoms with Gasteiger partial charge < -0.3 is 11.1 Å². The van der Waals surface area contributed by atoms with Crippen LogP contribution in [0.2, 0.25) is 0 Å². The molecule has 3 N–H and O–H groups in total. The molecule has 0 bridgehead atoms. The fourth-order valence-electron chi connectivity index (χ4n) is 1.49. The van der Waals surface area contributed by atoms with Gasteiger partial charge in [0.1, 0.15) is 5.01 Å². The first-order chi connectivity index (χ1) is 7.66. The zero-order chi connectivity index (χ0) is 11.5. The van der Waals surface area contributed by atoms with Gasteiger partial charge in [0.25, 0.3) is 0 Å². The van der Waals surface area contributed by atoms with Crippen LogP contribution >= 0.6 is 11.3 Å². The van der Waals surface area contributed by atoms with Gasteiger partial charge in [0.15, 0.2) is 0 Å². The number of rotatable bonds is 3. The summed E-state index contributed by atoms with van der Waals surface area (Å²) in [4.78, 5) is 5.53. The van der Waals surface area contributed by atoms with Crippen LogP contribution in [0.1, 0.15) is 15.4 Å². The summed E-state index contributed by atoms with van der Waals surface area (Å²) in [6, 6.07) is 6.00. The van der Waals surface area contributed by atoms with Crippen LogP contribution in [0, 0.1) is 13.8 Å². The van der Waals surface area contributed by atoms with E-state index in [2.05, 4.69) is 17.2 Å². The number of nitrogen functional groups attached to an aromatic ring is 1. The molecule has 0 saturated heterocycles. The van der Waals surface area contributed by atoms with Crippen molar-refractivity contribution in [1.82, 2.24) is 4.98 Å². The Morgan fingerprint density at radius 2 is 2.19 bits per heavy atom. The Morgan fingerprint density at radius 3 is 2.88 bits per heavy atom. The number of para-hydroxylation sites is 1. The lowest BCUT2D eigenvalue weighted by Gasteiger charge is -2.09. The Labute approximate surface area is 99.3 Å². The van der Waals surface area contributed by atoms with Crippen molar-refractivity contribution in [3.63, 3.8) is 0 Å². The van der Waals surface area contributed by atoms with Crippen LogP contribution in [-0.2, 0) is 6.54 Å². The Bertz CT molecular complexity index is 491. The lowest BCUT2D eigenvalue weighted by Crippen LogP contribution is -2.03. The highest BCUT2D eigenvalue weighted by molar-refractivity contribution is 7.11. The summed E-state index contributed by atoms with van der Waals surface area (Å²) in [5, 5.41) is 4.39. The van der Waals surface area contributed by atoms with Crippen LogP contribution in [0.4, 0.5) is 11.4 Å². The van der Waals surface area contributed by atoms with Crippen molar-refractivity contribution in [2.45, 2.75) is 20.4 Å². The average Bonchev–Trinajstić information content (AvgIpc) is 2.67. The fourth-order valence-corrected chi connectivity index (χ4v) is 2.22. The van der Waals surface area contributed by atoms with Gasteiger partial charge in [0, 0.05) is 11.1 Å². The van der Waals surface area contributed by atoms with Crippen molar-refractivity contribution in [2.75, 3.05) is 11.1 Å². The first-order valence-corrected chi connectivity index (χ1v) is 5.99. The first kappa shape index (κ1) is 11.0. The second-order valence-electron chi connectivity index (χ2n) is 3.75. The van der Waals surface area contributed by atoms with E-state index >= 15 is 0 Å². The van der Waals surface area contributed by atoms with E-state index in [1.54, 1.807) is 11.3 Å². The van der Waals surface area contributed by atoms with E-state index in [4.69, 9.17) is 5.73 Å². The summed E-state index contributed by atoms with van der Waals surface area (Å²) in [6.07, 6.45) is 1.89. The van der Waals surface area contributed by atoms with Gasteiger partial charge in [-0.1, -0.05) is 12.1 Å². The van der Waals surface area contributed by atoms with Crippen molar-refractivity contribution in [3.05, 3.63) is 39.8 Å². The SMILES string of the molecule is Cc1cnc(CNc2cccc(C)c2N)s1. The molecule has 4 heteroatoms. The molecule has 0 saturated carbocycles. The predicted molar refractivity (Wildman–Crippen MR) is 69.8 cm³/mol. The molecule has 0 radical (unpaired) electrons. The maximum Gasteiger partial charge on any atom is 0.112 e. The van der Waals surface area contributed by atoms with Gasteiger partial charge in [0.05, 0.1) is 17.9 Å². The molecule has 1 aromatic heterocycles. The van der Waals surface area contributed by atoms with E-state index in [1.165, 1.54) is 4.88 Å². The molecule has 2 aromatic rings. The molecule has 16 heavy (non-hydrogen) atoms. The number of nitrogens with one attached hydrogen (secondary N) is 1. The van der Waals surface area contributed by atoms with Gasteiger partial charge in [0.2, 0.25) is 0 Å². The topological polar surface area (TPSA) is 50.9 Å². The van der Waals surface area contributed by atoms with Crippen LogP contribution in [0.25, 0.3) is 0 Å². The molecule has 0 unspecified atom stereocenters. The van der Waals surface area contributed by atoms with Gasteiger partial charge in [-0.05, 0) is 25.5 Å². The third-order valence-corrected chi connectivity index (χ3v) is 3.34. The van der Waals surface area contributed by atoms with Crippen molar-refractivity contribution in [1.29, 1.82) is 0 Å². The summed E-state index contributed by atoms with van der Waals surface area (Å²) in [7, 11) is 0. The molecule has 3 nitrogen and oxygen atoms in total. The molecule has 2 rings (SSSR count). The van der Waals surface area contributed by atoms with E-state index in [0.29, 0.717) is 0 Å². The number of aromatic nitrogens is 1. The van der Waals surface area contributed by atoms with Crippen molar-refractivity contribution < 1.29 is 0 Å². The van der Waals surface area contributed by atoms with Gasteiger partial charge in [-0.2, -0.15) is 0 Å². The minimum Gasteiger partial charge on any atom is -0.397 e. The minimum atomic E-state index is 0.728. The predicted octanol–water partition coefficient (Wildman–Crippen LogP) is 2.95. The van der Waals surface area contributed by atoms with Crippen molar-refractivity contribution >= 4 is 22.7 Å². The third-order valence-electron chi connectivity index (χ3n) is 2.42. The fraction of sp³-hybridized carbons (Fsp3) is 0.250. The van der Waals surface area contributed by atoms with Gasteiger partial charge in [-0.3, -0.25) is 0 Å². The molecule has 0 aliphatic heterocycles. The second-order valence-corrected chi connectivity index (χ2v) is 5.07. The van der Waals surface area contributed by atoms with E-state index in [1.807, 2.05) is 31.3 Å². The third kappa shape index (κ3) is 2.33. The van der Waals surface area contributed by atoms with Crippen molar-refractivity contribution in [2.24, 2.45) is 0 Å². The summed E-state index contributed by atoms with van der Waals surface area (Å²) < 4.78 is 0. The molecular formula is C12H15N3S. The zero-order valence-corrected chi connectivity index (χ0v) is 10.3. The zero-order valence-electron chi connectivity index (χ0n) is 9.45. The standard InChI is InChI=1S/C12H15N3S/c1-8-4-3-5-10(12(8)13)14-7-11-15-6-9(2)16-11/h3-6,14H,7,13H2,1-2H3. The lowest BCUT2D eigenvalue weighted by molar-refractivity contribution is 1.10. The largest absolute Gasteiger partial charge is 0.397 e. The number of benzene rings is 1. The second kappa shape index (κ2) is 4.53. The van der Waals surface area contributed by atoms with Crippen LogP contribution < -0.4 is 11.1 Å². The van der Waals surface area contributed by atoms with E-state index in [9.17, 15) is 0 Å². The highest BCUT2D eigenvalue weighted by Gasteiger charge is 2.02. The number of aryl methyl sites for hydroxylation is 2. The molecule has 0 aliphatic rings. The molecular weight excluding hydrogens is 218 g/mol. The van der Waals surface area contributed by atoms with Crippen LogP contribution in [0.3, 0.4) is 0 Å². The monoisotopic (exact) mass is 233 g/mol. The maximum atomic E-state index is 5.97. The van der Waals surface area contributed by atoms with Gasteiger partial charge in [-0.15, -0.1) is 11.3 Å². The molecule has 0 spiro atoms. The Hall–Kier alpha value is -1.55. The highest BCUT2D eigenvalue weighted by Crippen LogP contribution is 2.22. The number of nitrogens with zero attached hydrogens (tertiary/aromatic N) is 1. The summed E-state index contributed by atoms with van der Waals surface area (Å²) in [5.41, 5.74) is 8.86. The minimum absolute atomic E-state index is 0.728. The molecule has 0 fully saturated rings. The Balaban J connectivity index is 2.07. The van der Waals surface area contributed by atoms with Gasteiger partial charge in [-0.25, -0.2) is 4.98 Å². The normalized spacial score (nSPS) is 10.4. The number of thiazole rings is 1. The number of hydrogen-bond acceptors (Lipinski definition) is 4. The van der Waals surface area contributed by atoms with Gasteiger partial charge >= 0.3 is 0 Å². The lowest BCUT2D eigenvalue weighted by atomic mass is 10.2. The van der Waals surface area contributed by atoms with Crippen LogP contribution in [0.15, 0.2) is 24.4 Å². The maximum absolute atomic E-state index is 5.97. The van der Waals surface area contributed by atoms with Crippen LogP contribution in [-0.4, -0.2) is 4.98 Å². The first-order valence-electron chi connectivity index (χ1n) is 5.17. The summed E-state index contributed by atoms with van der Waals surface area (Å²) in [6.45, 7) is 4.79. The smallest absolute Gasteiger partial charge is 0.112 e. The number of hydrogen-bond donors (Lipinski definition) is 2. The molecule has 0 atom stereocenters. The molecule has 0 aliphatic carbocycles. The van der Waals surface area contributed by atoms with E-state index in [-0.39, 0.29) is 0 Å². The summed E-state index contributed by atoms with van der Waals surface area (Å²) in [5.74, 6) is 0. The number of nitrogens with two attached hydrogens (primary N) is 1. The molecule has 1 aromatic carbocycles. The Morgan fingerprint density at radius 1 is 1.38 bits per heavy atom. The average molecular weight is 233 g/mol. The van der Waals surface area contributed by atoms with E-state index in [0.717, 1.165) is 28.5 Å². The van der Waals surface area contributed by atoms with Crippen molar-refractivity contribution in [3.8, 4) is 0 Å². The quantitative estimate of drug-likeness (QED) is 0.801.